The lowest BCUT2D eigenvalue weighted by Gasteiger charge is -2.04. The molecule has 5 heteroatoms. The third kappa shape index (κ3) is 4.34. The summed E-state index contributed by atoms with van der Waals surface area (Å²) in [5, 5.41) is 12.9. The summed E-state index contributed by atoms with van der Waals surface area (Å²) in [6, 6.07) is 9.33. The van der Waals surface area contributed by atoms with Gasteiger partial charge in [-0.1, -0.05) is 29.8 Å². The average Bonchev–Trinajstić information content (AvgIpc) is 2.34. The summed E-state index contributed by atoms with van der Waals surface area (Å²) in [5.74, 6) is -1.53. The van der Waals surface area contributed by atoms with Gasteiger partial charge in [-0.15, -0.1) is 0 Å². The summed E-state index contributed by atoms with van der Waals surface area (Å²) < 4.78 is 0. The Morgan fingerprint density at radius 2 is 1.76 bits per heavy atom. The summed E-state index contributed by atoms with van der Waals surface area (Å²) in [6.07, 6.45) is 0. The molecule has 88 valence electrons. The maximum absolute atomic E-state index is 11.3. The van der Waals surface area contributed by atoms with Gasteiger partial charge >= 0.3 is 11.8 Å². The zero-order valence-corrected chi connectivity index (χ0v) is 9.49. The Balaban J connectivity index is 2.40. The van der Waals surface area contributed by atoms with Crippen LogP contribution in [0.1, 0.15) is 11.1 Å². The first-order valence-electron chi connectivity index (χ1n) is 5.12. The van der Waals surface area contributed by atoms with E-state index in [1.54, 1.807) is 6.07 Å². The van der Waals surface area contributed by atoms with E-state index in [9.17, 15) is 9.59 Å². The van der Waals surface area contributed by atoms with Crippen LogP contribution in [0.25, 0.3) is 0 Å². The first-order valence-corrected chi connectivity index (χ1v) is 5.12. The topological polar surface area (TPSA) is 82.0 Å². The van der Waals surface area contributed by atoms with Gasteiger partial charge in [0, 0.05) is 6.54 Å². The second-order valence-corrected chi connectivity index (χ2v) is 3.51. The van der Waals surface area contributed by atoms with Crippen molar-refractivity contribution in [2.24, 2.45) is 0 Å². The van der Waals surface area contributed by atoms with Crippen LogP contribution in [0, 0.1) is 18.3 Å². The quantitative estimate of drug-likeness (QED) is 0.578. The Kier molecular flexibility index (Phi) is 4.70. The lowest BCUT2D eigenvalue weighted by Crippen LogP contribution is -2.39. The van der Waals surface area contributed by atoms with E-state index < -0.39 is 11.8 Å². The van der Waals surface area contributed by atoms with Gasteiger partial charge in [0.05, 0.1) is 6.07 Å². The first-order chi connectivity index (χ1) is 8.13. The molecule has 0 aliphatic heterocycles. The lowest BCUT2D eigenvalue weighted by molar-refractivity contribution is -0.139. The highest BCUT2D eigenvalue weighted by Crippen LogP contribution is 2.02. The van der Waals surface area contributed by atoms with Crippen molar-refractivity contribution in [3.63, 3.8) is 0 Å². The van der Waals surface area contributed by atoms with Crippen molar-refractivity contribution < 1.29 is 9.59 Å². The maximum Gasteiger partial charge on any atom is 0.310 e. The van der Waals surface area contributed by atoms with Crippen molar-refractivity contribution in [1.29, 1.82) is 5.26 Å². The van der Waals surface area contributed by atoms with Gasteiger partial charge in [-0.3, -0.25) is 9.59 Å². The summed E-state index contributed by atoms with van der Waals surface area (Å²) in [6.45, 7) is 2.09. The summed E-state index contributed by atoms with van der Waals surface area (Å²) in [7, 11) is 0. The SMILES string of the molecule is Cc1ccc(CNC(=O)C(=O)NCC#N)cc1. The van der Waals surface area contributed by atoms with Crippen molar-refractivity contribution in [3.05, 3.63) is 35.4 Å². The van der Waals surface area contributed by atoms with E-state index in [2.05, 4.69) is 10.6 Å². The fraction of sp³-hybridized carbons (Fsp3) is 0.250. The molecule has 0 spiro atoms. The maximum atomic E-state index is 11.3. The number of nitriles is 1. The van der Waals surface area contributed by atoms with E-state index in [-0.39, 0.29) is 6.54 Å². The Morgan fingerprint density at radius 1 is 1.18 bits per heavy atom. The van der Waals surface area contributed by atoms with E-state index in [4.69, 9.17) is 5.26 Å². The van der Waals surface area contributed by atoms with Gasteiger partial charge in [0.25, 0.3) is 0 Å². The molecule has 1 rings (SSSR count). The number of carbonyl (C=O) groups excluding carboxylic acids is 2. The van der Waals surface area contributed by atoms with Crippen molar-refractivity contribution in [1.82, 2.24) is 10.6 Å². The Labute approximate surface area is 99.4 Å². The number of nitrogens with zero attached hydrogens (tertiary/aromatic N) is 1. The van der Waals surface area contributed by atoms with E-state index in [1.807, 2.05) is 31.2 Å². The van der Waals surface area contributed by atoms with Gasteiger partial charge in [-0.25, -0.2) is 0 Å². The standard InChI is InChI=1S/C12H13N3O2/c1-9-2-4-10(5-3-9)8-15-12(17)11(16)14-7-6-13/h2-5H,7-8H2,1H3,(H,14,16)(H,15,17). The highest BCUT2D eigenvalue weighted by molar-refractivity contribution is 6.35. The largest absolute Gasteiger partial charge is 0.344 e. The minimum absolute atomic E-state index is 0.170. The molecule has 0 radical (unpaired) electrons. The molecule has 0 aliphatic rings. The molecule has 0 bridgehead atoms. The number of benzene rings is 1. The Morgan fingerprint density at radius 3 is 2.35 bits per heavy atom. The van der Waals surface area contributed by atoms with Crippen molar-refractivity contribution in [2.45, 2.75) is 13.5 Å². The van der Waals surface area contributed by atoms with Crippen LogP contribution in [0.5, 0.6) is 0 Å². The van der Waals surface area contributed by atoms with Crippen molar-refractivity contribution >= 4 is 11.8 Å². The van der Waals surface area contributed by atoms with E-state index in [1.165, 1.54) is 0 Å². The number of carbonyl (C=O) groups is 2. The molecular weight excluding hydrogens is 218 g/mol. The monoisotopic (exact) mass is 231 g/mol. The van der Waals surface area contributed by atoms with Crippen LogP contribution in [0.4, 0.5) is 0 Å². The molecule has 0 saturated heterocycles. The zero-order chi connectivity index (χ0) is 12.7. The molecule has 0 heterocycles. The van der Waals surface area contributed by atoms with E-state index >= 15 is 0 Å². The third-order valence-corrected chi connectivity index (χ3v) is 2.11. The molecular formula is C12H13N3O2. The predicted molar refractivity (Wildman–Crippen MR) is 61.6 cm³/mol. The van der Waals surface area contributed by atoms with E-state index in [0.29, 0.717) is 6.54 Å². The molecule has 2 N–H and O–H groups in total. The molecule has 0 unspecified atom stereocenters. The molecule has 2 amide bonds. The first kappa shape index (κ1) is 12.7. The smallest absolute Gasteiger partial charge is 0.310 e. The molecule has 17 heavy (non-hydrogen) atoms. The summed E-state index contributed by atoms with van der Waals surface area (Å²) >= 11 is 0. The van der Waals surface area contributed by atoms with Crippen LogP contribution in [0.2, 0.25) is 0 Å². The minimum Gasteiger partial charge on any atom is -0.344 e. The second kappa shape index (κ2) is 6.28. The number of rotatable bonds is 3. The van der Waals surface area contributed by atoms with Gasteiger partial charge in [-0.2, -0.15) is 5.26 Å². The molecule has 1 aromatic carbocycles. The van der Waals surface area contributed by atoms with Gasteiger partial charge in [-0.05, 0) is 12.5 Å². The van der Waals surface area contributed by atoms with Gasteiger partial charge in [0.15, 0.2) is 0 Å². The second-order valence-electron chi connectivity index (χ2n) is 3.51. The van der Waals surface area contributed by atoms with Crippen molar-refractivity contribution in [3.8, 4) is 6.07 Å². The molecule has 0 atom stereocenters. The molecule has 5 nitrogen and oxygen atoms in total. The summed E-state index contributed by atoms with van der Waals surface area (Å²) in [5.41, 5.74) is 2.05. The fourth-order valence-corrected chi connectivity index (χ4v) is 1.17. The Hall–Kier alpha value is -2.35. The predicted octanol–water partition coefficient (Wildman–Crippen LogP) is 0.251. The molecule has 0 saturated carbocycles. The zero-order valence-electron chi connectivity index (χ0n) is 9.49. The highest BCUT2D eigenvalue weighted by Gasteiger charge is 2.11. The lowest BCUT2D eigenvalue weighted by atomic mass is 10.1. The molecule has 0 fully saturated rings. The number of nitrogens with one attached hydrogen (secondary N) is 2. The normalized spacial score (nSPS) is 9.18. The van der Waals surface area contributed by atoms with Crippen LogP contribution >= 0.6 is 0 Å². The average molecular weight is 231 g/mol. The molecule has 0 aromatic heterocycles. The molecule has 1 aromatic rings. The number of hydrogen-bond donors (Lipinski definition) is 2. The van der Waals surface area contributed by atoms with Gasteiger partial charge in [0.2, 0.25) is 0 Å². The third-order valence-electron chi connectivity index (χ3n) is 2.11. The minimum atomic E-state index is -0.793. The van der Waals surface area contributed by atoms with Crippen LogP contribution in [-0.4, -0.2) is 18.4 Å². The number of amides is 2. The van der Waals surface area contributed by atoms with Crippen LogP contribution in [0.3, 0.4) is 0 Å². The summed E-state index contributed by atoms with van der Waals surface area (Å²) in [4.78, 5) is 22.4. The van der Waals surface area contributed by atoms with Crippen LogP contribution in [-0.2, 0) is 16.1 Å². The van der Waals surface area contributed by atoms with E-state index in [0.717, 1.165) is 11.1 Å². The van der Waals surface area contributed by atoms with Gasteiger partial charge in [0.1, 0.15) is 6.54 Å². The fourth-order valence-electron chi connectivity index (χ4n) is 1.17. The highest BCUT2D eigenvalue weighted by atomic mass is 16.2. The Bertz CT molecular complexity index is 446. The molecule has 0 aliphatic carbocycles. The number of hydrogen-bond acceptors (Lipinski definition) is 3. The van der Waals surface area contributed by atoms with Crippen molar-refractivity contribution in [2.75, 3.05) is 6.54 Å². The van der Waals surface area contributed by atoms with Gasteiger partial charge < -0.3 is 10.6 Å². The van der Waals surface area contributed by atoms with Crippen LogP contribution < -0.4 is 10.6 Å². The van der Waals surface area contributed by atoms with Crippen LogP contribution in [0.15, 0.2) is 24.3 Å². The number of aryl methyl sites for hydroxylation is 1.